The van der Waals surface area contributed by atoms with Gasteiger partial charge in [-0.2, -0.15) is 0 Å². The Labute approximate surface area is 158 Å². The van der Waals surface area contributed by atoms with Gasteiger partial charge in [0.15, 0.2) is 5.78 Å². The summed E-state index contributed by atoms with van der Waals surface area (Å²) >= 11 is 1.46. The SMILES string of the molecule is Cc1ccc(C)c(C(=O)CCC(=O)Nc2nnc(C3CCCCC3)s2)c1. The van der Waals surface area contributed by atoms with Crippen molar-refractivity contribution in [1.82, 2.24) is 10.2 Å². The first-order valence-electron chi connectivity index (χ1n) is 9.26. The third-order valence-corrected chi connectivity index (χ3v) is 5.92. The summed E-state index contributed by atoms with van der Waals surface area (Å²) < 4.78 is 0. The summed E-state index contributed by atoms with van der Waals surface area (Å²) in [6.45, 7) is 3.88. The standard InChI is InChI=1S/C20H25N3O2S/c1-13-8-9-14(2)16(12-13)17(24)10-11-18(25)21-20-23-22-19(26-20)15-6-4-3-5-7-15/h8-9,12,15H,3-7,10-11H2,1-2H3,(H,21,23,25). The van der Waals surface area contributed by atoms with E-state index in [0.29, 0.717) is 16.6 Å². The Morgan fingerprint density at radius 3 is 2.65 bits per heavy atom. The number of nitrogens with zero attached hydrogens (tertiary/aromatic N) is 2. The van der Waals surface area contributed by atoms with Crippen molar-refractivity contribution in [3.63, 3.8) is 0 Å². The molecule has 26 heavy (non-hydrogen) atoms. The molecule has 0 spiro atoms. The fourth-order valence-corrected chi connectivity index (χ4v) is 4.31. The van der Waals surface area contributed by atoms with E-state index in [0.717, 1.165) is 29.0 Å². The van der Waals surface area contributed by atoms with E-state index in [9.17, 15) is 9.59 Å². The number of aromatic nitrogens is 2. The summed E-state index contributed by atoms with van der Waals surface area (Å²) in [6, 6.07) is 5.81. The highest BCUT2D eigenvalue weighted by molar-refractivity contribution is 7.15. The van der Waals surface area contributed by atoms with Crippen LogP contribution in [0.25, 0.3) is 0 Å². The van der Waals surface area contributed by atoms with Gasteiger partial charge in [-0.15, -0.1) is 10.2 Å². The summed E-state index contributed by atoms with van der Waals surface area (Å²) in [4.78, 5) is 24.5. The predicted octanol–water partition coefficient (Wildman–Crippen LogP) is 4.80. The largest absolute Gasteiger partial charge is 0.301 e. The highest BCUT2D eigenvalue weighted by Gasteiger charge is 2.20. The number of ketones is 1. The maximum absolute atomic E-state index is 12.4. The highest BCUT2D eigenvalue weighted by Crippen LogP contribution is 2.35. The summed E-state index contributed by atoms with van der Waals surface area (Å²) in [7, 11) is 0. The molecule has 2 aromatic rings. The zero-order valence-corrected chi connectivity index (χ0v) is 16.2. The molecule has 0 atom stereocenters. The molecule has 0 unspecified atom stereocenters. The number of benzene rings is 1. The van der Waals surface area contributed by atoms with Gasteiger partial charge in [0, 0.05) is 24.3 Å². The Hall–Kier alpha value is -2.08. The average molecular weight is 372 g/mol. The van der Waals surface area contributed by atoms with Crippen molar-refractivity contribution in [2.45, 2.75) is 64.7 Å². The molecule has 3 rings (SSSR count). The molecule has 0 bridgehead atoms. The molecular formula is C20H25N3O2S. The Balaban J connectivity index is 1.52. The monoisotopic (exact) mass is 371 g/mol. The first kappa shape index (κ1) is 18.7. The van der Waals surface area contributed by atoms with Crippen LogP contribution in [0, 0.1) is 13.8 Å². The van der Waals surface area contributed by atoms with Crippen LogP contribution in [0.5, 0.6) is 0 Å². The molecule has 0 radical (unpaired) electrons. The van der Waals surface area contributed by atoms with E-state index in [-0.39, 0.29) is 24.5 Å². The van der Waals surface area contributed by atoms with Crippen LogP contribution in [0.4, 0.5) is 5.13 Å². The van der Waals surface area contributed by atoms with E-state index in [1.54, 1.807) is 0 Å². The molecule has 0 aliphatic heterocycles. The average Bonchev–Trinajstić information content (AvgIpc) is 3.11. The fraction of sp³-hybridized carbons (Fsp3) is 0.500. The van der Waals surface area contributed by atoms with Gasteiger partial charge in [-0.1, -0.05) is 48.3 Å². The van der Waals surface area contributed by atoms with Gasteiger partial charge >= 0.3 is 0 Å². The van der Waals surface area contributed by atoms with E-state index < -0.39 is 0 Å². The molecule has 1 aliphatic rings. The van der Waals surface area contributed by atoms with Crippen LogP contribution in [-0.4, -0.2) is 21.9 Å². The van der Waals surface area contributed by atoms with Crippen molar-refractivity contribution >= 4 is 28.2 Å². The van der Waals surface area contributed by atoms with Crippen LogP contribution < -0.4 is 5.32 Å². The number of carbonyl (C=O) groups is 2. The number of aryl methyl sites for hydroxylation is 2. The fourth-order valence-electron chi connectivity index (χ4n) is 3.38. The van der Waals surface area contributed by atoms with E-state index in [2.05, 4.69) is 15.5 Å². The second-order valence-electron chi connectivity index (χ2n) is 7.07. The van der Waals surface area contributed by atoms with Gasteiger partial charge in [-0.25, -0.2) is 0 Å². The number of rotatable bonds is 6. The smallest absolute Gasteiger partial charge is 0.226 e. The van der Waals surface area contributed by atoms with Gasteiger partial charge in [-0.05, 0) is 38.3 Å². The number of hydrogen-bond acceptors (Lipinski definition) is 5. The van der Waals surface area contributed by atoms with Crippen molar-refractivity contribution in [2.24, 2.45) is 0 Å². The number of Topliss-reactive ketones (excluding diaryl/α,β-unsaturated/α-hetero) is 1. The molecule has 0 saturated heterocycles. The van der Waals surface area contributed by atoms with Crippen LogP contribution in [-0.2, 0) is 4.79 Å². The van der Waals surface area contributed by atoms with Crippen molar-refractivity contribution in [2.75, 3.05) is 5.32 Å². The lowest BCUT2D eigenvalue weighted by Gasteiger charge is -2.18. The first-order chi connectivity index (χ1) is 12.5. The molecule has 6 heteroatoms. The Bertz CT molecular complexity index is 794. The maximum atomic E-state index is 12.4. The first-order valence-corrected chi connectivity index (χ1v) is 10.1. The molecule has 1 aromatic carbocycles. The predicted molar refractivity (Wildman–Crippen MR) is 104 cm³/mol. The zero-order chi connectivity index (χ0) is 18.5. The minimum atomic E-state index is -0.185. The Kier molecular flexibility index (Phi) is 6.14. The summed E-state index contributed by atoms with van der Waals surface area (Å²) in [6.07, 6.45) is 6.46. The lowest BCUT2D eigenvalue weighted by atomic mass is 9.90. The van der Waals surface area contributed by atoms with E-state index in [1.165, 1.54) is 30.6 Å². The quantitative estimate of drug-likeness (QED) is 0.740. The van der Waals surface area contributed by atoms with Crippen LogP contribution in [0.1, 0.15) is 77.4 Å². The number of hydrogen-bond donors (Lipinski definition) is 1. The Morgan fingerprint density at radius 2 is 1.88 bits per heavy atom. The van der Waals surface area contributed by atoms with Crippen molar-refractivity contribution in [3.05, 3.63) is 39.9 Å². The molecule has 1 amide bonds. The highest BCUT2D eigenvalue weighted by atomic mass is 32.1. The number of carbonyl (C=O) groups excluding carboxylic acids is 2. The third-order valence-electron chi connectivity index (χ3n) is 4.91. The number of anilines is 1. The zero-order valence-electron chi connectivity index (χ0n) is 15.4. The number of nitrogens with one attached hydrogen (secondary N) is 1. The van der Waals surface area contributed by atoms with Gasteiger partial charge in [0.05, 0.1) is 0 Å². The molecule has 5 nitrogen and oxygen atoms in total. The van der Waals surface area contributed by atoms with Crippen molar-refractivity contribution < 1.29 is 9.59 Å². The van der Waals surface area contributed by atoms with Gasteiger partial charge in [0.1, 0.15) is 5.01 Å². The topological polar surface area (TPSA) is 72.0 Å². The molecule has 1 saturated carbocycles. The second kappa shape index (κ2) is 8.54. The lowest BCUT2D eigenvalue weighted by Crippen LogP contribution is -2.14. The molecule has 1 aromatic heterocycles. The van der Waals surface area contributed by atoms with E-state index >= 15 is 0 Å². The molecule has 1 N–H and O–H groups in total. The summed E-state index contributed by atoms with van der Waals surface area (Å²) in [5.41, 5.74) is 2.70. The minimum Gasteiger partial charge on any atom is -0.301 e. The van der Waals surface area contributed by atoms with Crippen LogP contribution >= 0.6 is 11.3 Å². The van der Waals surface area contributed by atoms with Crippen molar-refractivity contribution in [3.8, 4) is 0 Å². The molecule has 1 fully saturated rings. The molecule has 1 aliphatic carbocycles. The van der Waals surface area contributed by atoms with Crippen LogP contribution in [0.2, 0.25) is 0 Å². The van der Waals surface area contributed by atoms with Gasteiger partial charge in [0.25, 0.3) is 0 Å². The van der Waals surface area contributed by atoms with Gasteiger partial charge in [-0.3, -0.25) is 9.59 Å². The second-order valence-corrected chi connectivity index (χ2v) is 8.08. The van der Waals surface area contributed by atoms with E-state index in [1.807, 2.05) is 32.0 Å². The van der Waals surface area contributed by atoms with Gasteiger partial charge < -0.3 is 5.32 Å². The minimum absolute atomic E-state index is 0.00140. The van der Waals surface area contributed by atoms with E-state index in [4.69, 9.17) is 0 Å². The molecular weight excluding hydrogens is 346 g/mol. The summed E-state index contributed by atoms with van der Waals surface area (Å²) in [5, 5.41) is 12.7. The Morgan fingerprint density at radius 1 is 1.12 bits per heavy atom. The van der Waals surface area contributed by atoms with Crippen LogP contribution in [0.15, 0.2) is 18.2 Å². The molecule has 1 heterocycles. The van der Waals surface area contributed by atoms with Crippen molar-refractivity contribution in [1.29, 1.82) is 0 Å². The van der Waals surface area contributed by atoms with Gasteiger partial charge in [0.2, 0.25) is 11.0 Å². The number of amides is 1. The lowest BCUT2D eigenvalue weighted by molar-refractivity contribution is -0.116. The maximum Gasteiger partial charge on any atom is 0.226 e. The summed E-state index contributed by atoms with van der Waals surface area (Å²) in [5.74, 6) is 0.300. The third kappa shape index (κ3) is 4.75. The molecule has 138 valence electrons. The normalized spacial score (nSPS) is 15.0. The van der Waals surface area contributed by atoms with Crippen LogP contribution in [0.3, 0.4) is 0 Å².